The molecule has 0 bridgehead atoms. The molecule has 13 rings (SSSR count). The maximum atomic E-state index is 8.40. The van der Waals surface area contributed by atoms with E-state index in [1.165, 1.54) is 106 Å². The van der Waals surface area contributed by atoms with Crippen LogP contribution in [-0.2, 0) is 5.41 Å². The summed E-state index contributed by atoms with van der Waals surface area (Å²) in [5.41, 5.74) is 25.3. The van der Waals surface area contributed by atoms with Gasteiger partial charge in [0.05, 0.1) is 10.9 Å². The fourth-order valence-corrected chi connectivity index (χ4v) is 22.4. The molecule has 8 heteroatoms. The lowest BCUT2D eigenvalue weighted by Crippen LogP contribution is -2.53. The van der Waals surface area contributed by atoms with Crippen molar-refractivity contribution in [3.63, 3.8) is 0 Å². The number of benzene rings is 11. The van der Waals surface area contributed by atoms with E-state index < -0.39 is 6.50 Å². The molecule has 0 amide bonds. The van der Waals surface area contributed by atoms with E-state index in [1.54, 1.807) is 6.92 Å². The van der Waals surface area contributed by atoms with Gasteiger partial charge < -0.3 is 33.8 Å². The lowest BCUT2D eigenvalue weighted by molar-refractivity contribution is 0.141. The quantitative estimate of drug-likeness (QED) is 0.0947. The zero-order valence-electron chi connectivity index (χ0n) is 103. The minimum atomic E-state index is -1.19. The molecule has 1 unspecified atom stereocenters. The number of furan rings is 1. The number of fused-ring (bicyclic) bond motifs is 6. The Morgan fingerprint density at radius 2 is 0.610 bits per heavy atom. The maximum absolute atomic E-state index is 8.40. The van der Waals surface area contributed by atoms with Crippen molar-refractivity contribution in [2.75, 3.05) is 35.9 Å². The SMILES string of the molecule is CC(C)(C)N(c1cccc2oc3ccccc3c12)C(C)(C)C.CC(C)(C)N(c1ccccc1-c1ccccc1)C(C)(C)C.CC1(C)c2ccccc2-c2c(N(C(C)(C)C)C(C)(C)C)cccc21.Cc1ccc(-c2ccccc2N(C(C)(C)C)C(C)(C)C)cc1.Cc1ccc(-c2ccccc2N(C(C)(C)C)C(C)(C)C)cc1.[2H]C([2H])(C(CC)CCC)N(C(C)C)C(C)C.[2H]c1c([2H])c(C)c([2H])c(N(C(C)(C)C)C(C)(C)C)c1[2H]. The molecule has 0 radical (unpaired) electrons. The first-order valence-corrected chi connectivity index (χ1v) is 52.4. The van der Waals surface area contributed by atoms with Crippen molar-refractivity contribution in [2.45, 2.75) is 429 Å². The monoisotopic (exact) mass is 1910 g/mol. The van der Waals surface area contributed by atoms with E-state index in [2.05, 4.69) is 526 Å². The normalized spacial score (nSPS) is 14.0. The number of anilines is 6. The molecule has 0 N–H and O–H groups in total. The third-order valence-corrected chi connectivity index (χ3v) is 25.3. The van der Waals surface area contributed by atoms with Crippen molar-refractivity contribution in [3.8, 4) is 44.5 Å². The Hall–Kier alpha value is -10.0. The molecular weight excluding hydrogens is 1710 g/mol. The van der Waals surface area contributed by atoms with E-state index in [1.807, 2.05) is 63.5 Å². The van der Waals surface area contributed by atoms with Gasteiger partial charge in [-0.05, 0) is 404 Å². The van der Waals surface area contributed by atoms with Crippen molar-refractivity contribution < 1.29 is 12.6 Å². The van der Waals surface area contributed by atoms with Crippen molar-refractivity contribution in [1.82, 2.24) is 4.90 Å². The maximum Gasteiger partial charge on any atom is 0.137 e. The van der Waals surface area contributed by atoms with Crippen LogP contribution >= 0.6 is 0 Å². The van der Waals surface area contributed by atoms with Gasteiger partial charge in [-0.2, -0.15) is 0 Å². The van der Waals surface area contributed by atoms with Gasteiger partial charge in [0.15, 0.2) is 0 Å². The molecule has 11 aromatic carbocycles. The lowest BCUT2D eigenvalue weighted by Gasteiger charge is -2.48. The summed E-state index contributed by atoms with van der Waals surface area (Å²) in [7, 11) is 0. The van der Waals surface area contributed by atoms with Crippen LogP contribution in [0.5, 0.6) is 0 Å². The predicted molar refractivity (Wildman–Crippen MR) is 632 cm³/mol. The fourth-order valence-electron chi connectivity index (χ4n) is 22.4. The Balaban J connectivity index is 0.000000233. The van der Waals surface area contributed by atoms with E-state index in [-0.39, 0.29) is 114 Å². The van der Waals surface area contributed by atoms with Gasteiger partial charge in [-0.3, -0.25) is 4.90 Å². The summed E-state index contributed by atoms with van der Waals surface area (Å²) >= 11 is 0. The van der Waals surface area contributed by atoms with Gasteiger partial charge in [0, 0.05) is 155 Å². The molecule has 0 aliphatic heterocycles. The molecule has 0 fully saturated rings. The van der Waals surface area contributed by atoms with Crippen LogP contribution in [0, 0.1) is 26.7 Å². The number of rotatable bonds is 16. The second kappa shape index (κ2) is 46.8. The average Bonchev–Trinajstić information content (AvgIpc) is 1.56. The molecule has 1 atom stereocenters. The van der Waals surface area contributed by atoms with E-state index in [9.17, 15) is 0 Å². The number of para-hydroxylation sites is 4. The Kier molecular flexibility index (Phi) is 35.9. The minimum Gasteiger partial charge on any atom is -0.456 e. The number of aryl methyl sites for hydroxylation is 2. The summed E-state index contributed by atoms with van der Waals surface area (Å²) in [6, 6.07) is 85.3. The number of hydrogen-bond donors (Lipinski definition) is 0. The van der Waals surface area contributed by atoms with Crippen molar-refractivity contribution >= 4 is 56.1 Å². The highest BCUT2D eigenvalue weighted by Crippen LogP contribution is 2.55. The Labute approximate surface area is 871 Å². The van der Waals surface area contributed by atoms with Gasteiger partial charge in [0.25, 0.3) is 0 Å². The summed E-state index contributed by atoms with van der Waals surface area (Å²) in [6.07, 6.45) is 2.94. The first-order valence-electron chi connectivity index (χ1n) is 55.4. The van der Waals surface area contributed by atoms with Crippen LogP contribution in [0.2, 0.25) is 0 Å². The minimum absolute atomic E-state index is 0.0188. The lowest BCUT2D eigenvalue weighted by atomic mass is 9.82. The first kappa shape index (κ1) is 108. The Morgan fingerprint density at radius 1 is 0.305 bits per heavy atom. The van der Waals surface area contributed by atoms with Gasteiger partial charge in [-0.25, -0.2) is 0 Å². The van der Waals surface area contributed by atoms with Crippen LogP contribution in [0.3, 0.4) is 0 Å². The first-order chi connectivity index (χ1) is 67.1. The second-order valence-electron chi connectivity index (χ2n) is 51.9. The average molecular weight is 1910 g/mol. The predicted octanol–water partition coefficient (Wildman–Crippen LogP) is 38.6. The van der Waals surface area contributed by atoms with E-state index >= 15 is 0 Å². The van der Waals surface area contributed by atoms with Crippen molar-refractivity contribution in [3.05, 3.63) is 289 Å². The zero-order chi connectivity index (χ0) is 112. The van der Waals surface area contributed by atoms with Gasteiger partial charge >= 0.3 is 0 Å². The molecule has 0 saturated heterocycles. The summed E-state index contributed by atoms with van der Waals surface area (Å²) in [5.74, 6) is 0.141. The Morgan fingerprint density at radius 3 is 0.986 bits per heavy atom. The van der Waals surface area contributed by atoms with E-state index in [4.69, 9.17) is 12.6 Å². The summed E-state index contributed by atoms with van der Waals surface area (Å²) in [6.45, 7) is 103. The van der Waals surface area contributed by atoms with Crippen LogP contribution in [0.15, 0.2) is 265 Å². The smallest absolute Gasteiger partial charge is 0.137 e. The van der Waals surface area contributed by atoms with Crippen LogP contribution in [0.25, 0.3) is 66.4 Å². The molecule has 8 nitrogen and oxygen atoms in total. The van der Waals surface area contributed by atoms with Crippen LogP contribution in [0.4, 0.5) is 34.1 Å². The molecular formula is C133H195N7O. The molecule has 768 valence electrons. The highest BCUT2D eigenvalue weighted by molar-refractivity contribution is 6.12. The van der Waals surface area contributed by atoms with Gasteiger partial charge in [0.2, 0.25) is 0 Å². The molecule has 1 heterocycles. The van der Waals surface area contributed by atoms with Gasteiger partial charge in [0.1, 0.15) is 11.2 Å². The molecule has 1 aliphatic rings. The third-order valence-electron chi connectivity index (χ3n) is 25.3. The molecule has 0 saturated carbocycles. The highest BCUT2D eigenvalue weighted by atomic mass is 16.3. The van der Waals surface area contributed by atoms with Crippen LogP contribution < -0.4 is 29.4 Å². The fraction of sp³-hybridized carbons (Fsp3) is 0.504. The summed E-state index contributed by atoms with van der Waals surface area (Å²) in [5, 5.41) is 2.40. The van der Waals surface area contributed by atoms with E-state index in [0.29, 0.717) is 11.3 Å². The van der Waals surface area contributed by atoms with E-state index in [0.717, 1.165) is 30.4 Å². The van der Waals surface area contributed by atoms with Crippen molar-refractivity contribution in [1.29, 1.82) is 0 Å². The van der Waals surface area contributed by atoms with Gasteiger partial charge in [-0.15, -0.1) is 0 Å². The third kappa shape index (κ3) is 31.5. The molecule has 1 aromatic heterocycles. The van der Waals surface area contributed by atoms with Crippen LogP contribution in [0.1, 0.15) is 360 Å². The molecule has 1 aliphatic carbocycles. The number of nitrogens with zero attached hydrogens (tertiary/aromatic N) is 7. The number of hydrogen-bond acceptors (Lipinski definition) is 8. The highest BCUT2D eigenvalue weighted by Gasteiger charge is 2.43. The topological polar surface area (TPSA) is 35.8 Å². The summed E-state index contributed by atoms with van der Waals surface area (Å²) in [4.78, 5) is 16.7. The largest absolute Gasteiger partial charge is 0.456 e. The molecule has 0 spiro atoms. The van der Waals surface area contributed by atoms with Gasteiger partial charge in [-0.1, -0.05) is 258 Å². The zero-order valence-corrected chi connectivity index (χ0v) is 97.4. The molecule has 141 heavy (non-hydrogen) atoms. The molecule has 12 aromatic rings. The summed E-state index contributed by atoms with van der Waals surface area (Å²) < 4.78 is 55.1. The second-order valence-corrected chi connectivity index (χ2v) is 51.9. The van der Waals surface area contributed by atoms with Crippen LogP contribution in [-0.4, -0.2) is 89.9 Å². The standard InChI is InChI=1S/C23H31N.2C21H29N.C20H25NO.C20H27N.C15H25N.C13H29N/c1-21(2,3)24(22(4,5)6)19-15-11-14-18-20(19)16-12-9-10-13-17(16)23(18,7)8;2*1-16-12-14-17(15-13-16)18-10-8-9-11-19(18)22(20(2,3)4)21(5,6)7;1-19(2,3)21(20(4,5)6)15-11-9-13-17-18(15)14-10-7-8-12-16(14)22-17;1-19(2,3)21(20(4,5)6)18-15-11-10-14-17(18)16-12-8-7-9-13-16;1-12-9-8-10-13(11-12)16(14(2,3)4)15(5,6)7;1-7-9-13(8-2)10-14(11(3)4)12(5)6/h9-15H,1-8H3;2*8-15H,1-7H3;7-13H,1-6H3;7-15H,1-6H3;8-11H,1-7H3;11-13H,7-10H2,1-6H3/i;;;;;8D,9D,10D,11D;10D2. The Bertz CT molecular complexity index is 6000. The van der Waals surface area contributed by atoms with Crippen molar-refractivity contribution in [2.24, 2.45) is 5.92 Å².